The predicted molar refractivity (Wildman–Crippen MR) is 47.1 cm³/mol. The molecule has 0 fully saturated rings. The second-order valence-electron chi connectivity index (χ2n) is 2.87. The summed E-state index contributed by atoms with van der Waals surface area (Å²) in [5, 5.41) is 0. The van der Waals surface area contributed by atoms with Gasteiger partial charge in [0.1, 0.15) is 0 Å². The first-order valence-corrected chi connectivity index (χ1v) is 4.72. The zero-order valence-electron chi connectivity index (χ0n) is 6.65. The second-order valence-corrected chi connectivity index (χ2v) is 4.43. The summed E-state index contributed by atoms with van der Waals surface area (Å²) in [6.45, 7) is 6.78. The molecular formula is C8H17Br. The molecule has 0 aliphatic carbocycles. The molecule has 0 amide bonds. The molecule has 0 aliphatic rings. The molecule has 0 aromatic rings. The molecule has 0 aromatic heterocycles. The zero-order valence-corrected chi connectivity index (χ0v) is 8.24. The van der Waals surface area contributed by atoms with Gasteiger partial charge in [-0.05, 0) is 18.8 Å². The third kappa shape index (κ3) is 6.36. The Kier molecular flexibility index (Phi) is 5.56. The molecule has 0 spiro atoms. The normalized spacial score (nSPS) is 17.3. The van der Waals surface area contributed by atoms with Crippen LogP contribution in [0, 0.1) is 5.92 Å². The summed E-state index contributed by atoms with van der Waals surface area (Å²) in [5.74, 6) is 0.907. The minimum absolute atomic E-state index is 0.700. The Morgan fingerprint density at radius 1 is 1.22 bits per heavy atom. The lowest BCUT2D eigenvalue weighted by atomic mass is 10.0. The molecule has 0 bridgehead atoms. The third-order valence-corrected chi connectivity index (χ3v) is 2.21. The van der Waals surface area contributed by atoms with Crippen LogP contribution in [-0.2, 0) is 0 Å². The minimum Gasteiger partial charge on any atom is -0.0894 e. The number of alkyl halides is 1. The lowest BCUT2D eigenvalue weighted by Crippen LogP contribution is -1.96. The van der Waals surface area contributed by atoms with E-state index in [-0.39, 0.29) is 0 Å². The third-order valence-electron chi connectivity index (χ3n) is 1.75. The van der Waals surface area contributed by atoms with Crippen LogP contribution in [0.3, 0.4) is 0 Å². The average molecular weight is 193 g/mol. The van der Waals surface area contributed by atoms with E-state index >= 15 is 0 Å². The highest BCUT2D eigenvalue weighted by Gasteiger charge is 2.00. The van der Waals surface area contributed by atoms with E-state index in [0.29, 0.717) is 4.83 Å². The smallest absolute Gasteiger partial charge is 0.0117 e. The van der Waals surface area contributed by atoms with E-state index in [1.54, 1.807) is 0 Å². The van der Waals surface area contributed by atoms with Gasteiger partial charge in [-0.15, -0.1) is 0 Å². The lowest BCUT2D eigenvalue weighted by molar-refractivity contribution is 0.497. The van der Waals surface area contributed by atoms with Crippen molar-refractivity contribution in [1.82, 2.24) is 0 Å². The largest absolute Gasteiger partial charge is 0.0894 e. The maximum atomic E-state index is 3.53. The fraction of sp³-hybridized carbons (Fsp3) is 1.00. The molecule has 0 aromatic carbocycles. The molecule has 0 radical (unpaired) electrons. The summed E-state index contributed by atoms with van der Waals surface area (Å²) in [4.78, 5) is 0.700. The predicted octanol–water partition coefficient (Wildman–Crippen LogP) is 3.60. The first kappa shape index (κ1) is 9.48. The van der Waals surface area contributed by atoms with Crippen LogP contribution in [-0.4, -0.2) is 4.83 Å². The average Bonchev–Trinajstić information content (AvgIpc) is 1.83. The van der Waals surface area contributed by atoms with E-state index in [4.69, 9.17) is 0 Å². The highest BCUT2D eigenvalue weighted by molar-refractivity contribution is 9.09. The van der Waals surface area contributed by atoms with Crippen molar-refractivity contribution in [3.8, 4) is 0 Å². The first-order valence-electron chi connectivity index (χ1n) is 3.80. The van der Waals surface area contributed by atoms with Gasteiger partial charge in [-0.3, -0.25) is 0 Å². The Labute approximate surface area is 67.2 Å². The molecular weight excluding hydrogens is 176 g/mol. The highest BCUT2D eigenvalue weighted by atomic mass is 79.9. The summed E-state index contributed by atoms with van der Waals surface area (Å²) < 4.78 is 0. The van der Waals surface area contributed by atoms with Crippen LogP contribution >= 0.6 is 15.9 Å². The Morgan fingerprint density at radius 2 is 1.78 bits per heavy atom. The molecule has 9 heavy (non-hydrogen) atoms. The van der Waals surface area contributed by atoms with Crippen molar-refractivity contribution in [2.45, 2.75) is 44.9 Å². The second kappa shape index (κ2) is 5.28. The van der Waals surface area contributed by atoms with Crippen molar-refractivity contribution in [2.75, 3.05) is 0 Å². The maximum Gasteiger partial charge on any atom is 0.0117 e. The number of hydrogen-bond acceptors (Lipinski definition) is 0. The van der Waals surface area contributed by atoms with Gasteiger partial charge in [0.2, 0.25) is 0 Å². The minimum atomic E-state index is 0.700. The summed E-state index contributed by atoms with van der Waals surface area (Å²) in [6.07, 6.45) is 4.00. The van der Waals surface area contributed by atoms with Crippen molar-refractivity contribution in [1.29, 1.82) is 0 Å². The number of hydrogen-bond donors (Lipinski definition) is 0. The van der Waals surface area contributed by atoms with Crippen molar-refractivity contribution in [3.05, 3.63) is 0 Å². The summed E-state index contributed by atoms with van der Waals surface area (Å²) in [7, 11) is 0. The van der Waals surface area contributed by atoms with Crippen molar-refractivity contribution in [3.63, 3.8) is 0 Å². The summed E-state index contributed by atoms with van der Waals surface area (Å²) in [6, 6.07) is 0. The highest BCUT2D eigenvalue weighted by Crippen LogP contribution is 2.14. The summed E-state index contributed by atoms with van der Waals surface area (Å²) >= 11 is 3.53. The van der Waals surface area contributed by atoms with Crippen molar-refractivity contribution >= 4 is 15.9 Å². The molecule has 0 heterocycles. The van der Waals surface area contributed by atoms with E-state index in [2.05, 4.69) is 36.7 Å². The summed E-state index contributed by atoms with van der Waals surface area (Å²) in [5.41, 5.74) is 0. The van der Waals surface area contributed by atoms with E-state index < -0.39 is 0 Å². The molecule has 2 atom stereocenters. The maximum absolute atomic E-state index is 3.53. The van der Waals surface area contributed by atoms with Crippen LogP contribution in [0.25, 0.3) is 0 Å². The quantitative estimate of drug-likeness (QED) is 0.598. The van der Waals surface area contributed by atoms with Gasteiger partial charge in [0, 0.05) is 4.83 Å². The van der Waals surface area contributed by atoms with Crippen LogP contribution in [0.15, 0.2) is 0 Å². The van der Waals surface area contributed by atoms with E-state index in [0.717, 1.165) is 5.92 Å². The van der Waals surface area contributed by atoms with Gasteiger partial charge in [0.05, 0.1) is 0 Å². The molecule has 0 saturated carbocycles. The van der Waals surface area contributed by atoms with E-state index in [1.807, 2.05) is 0 Å². The van der Waals surface area contributed by atoms with Crippen LogP contribution in [0.1, 0.15) is 40.0 Å². The Hall–Kier alpha value is 0.480. The van der Waals surface area contributed by atoms with Crippen molar-refractivity contribution < 1.29 is 0 Å². The Bertz CT molecular complexity index is 59.6. The topological polar surface area (TPSA) is 0 Å². The van der Waals surface area contributed by atoms with Crippen LogP contribution in [0.5, 0.6) is 0 Å². The standard InChI is InChI=1S/C8H17Br/c1-4-7(2)5-6-8(3)9/h7-8H,4-6H2,1-3H3. The molecule has 0 nitrogen and oxygen atoms in total. The first-order chi connectivity index (χ1) is 4.16. The van der Waals surface area contributed by atoms with Crippen LogP contribution in [0.2, 0.25) is 0 Å². The molecule has 0 saturated heterocycles. The van der Waals surface area contributed by atoms with Gasteiger partial charge >= 0.3 is 0 Å². The zero-order chi connectivity index (χ0) is 7.28. The van der Waals surface area contributed by atoms with Crippen LogP contribution < -0.4 is 0 Å². The molecule has 0 rings (SSSR count). The van der Waals surface area contributed by atoms with E-state index in [1.165, 1.54) is 19.3 Å². The van der Waals surface area contributed by atoms with Gasteiger partial charge < -0.3 is 0 Å². The number of halogens is 1. The molecule has 0 aliphatic heterocycles. The van der Waals surface area contributed by atoms with Gasteiger partial charge in [0.15, 0.2) is 0 Å². The molecule has 1 heteroatoms. The molecule has 56 valence electrons. The van der Waals surface area contributed by atoms with Gasteiger partial charge in [-0.1, -0.05) is 43.1 Å². The lowest BCUT2D eigenvalue weighted by Gasteiger charge is -2.08. The monoisotopic (exact) mass is 192 g/mol. The van der Waals surface area contributed by atoms with Gasteiger partial charge in [0.25, 0.3) is 0 Å². The van der Waals surface area contributed by atoms with Gasteiger partial charge in [-0.2, -0.15) is 0 Å². The van der Waals surface area contributed by atoms with Crippen LogP contribution in [0.4, 0.5) is 0 Å². The molecule has 0 N–H and O–H groups in total. The number of rotatable bonds is 4. The Balaban J connectivity index is 3.06. The van der Waals surface area contributed by atoms with E-state index in [9.17, 15) is 0 Å². The van der Waals surface area contributed by atoms with Gasteiger partial charge in [-0.25, -0.2) is 0 Å². The fourth-order valence-electron chi connectivity index (χ4n) is 0.718. The fourth-order valence-corrected chi connectivity index (χ4v) is 0.983. The molecule has 2 unspecified atom stereocenters. The Morgan fingerprint density at radius 3 is 2.11 bits per heavy atom. The SMILES string of the molecule is CCC(C)CCC(C)Br. The van der Waals surface area contributed by atoms with Crippen molar-refractivity contribution in [2.24, 2.45) is 5.92 Å².